The second kappa shape index (κ2) is 5.75. The lowest BCUT2D eigenvalue weighted by Gasteiger charge is -2.31. The van der Waals surface area contributed by atoms with E-state index in [2.05, 4.69) is 26.1 Å². The summed E-state index contributed by atoms with van der Waals surface area (Å²) in [7, 11) is 0. The Hall–Kier alpha value is -0.0400. The Balaban J connectivity index is 2.35. The smallest absolute Gasteiger partial charge is 0.0155 e. The molecule has 2 atom stereocenters. The molecule has 0 heterocycles. The summed E-state index contributed by atoms with van der Waals surface area (Å²) >= 11 is 0. The predicted molar refractivity (Wildman–Crippen MR) is 63.6 cm³/mol. The van der Waals surface area contributed by atoms with Crippen LogP contribution in [0.1, 0.15) is 65.7 Å². The van der Waals surface area contributed by atoms with Crippen LogP contribution in [0.5, 0.6) is 0 Å². The van der Waals surface area contributed by atoms with Crippen LogP contribution in [0.4, 0.5) is 0 Å². The number of unbranched alkanes of at least 4 members (excludes halogenated alkanes) is 1. The zero-order chi connectivity index (χ0) is 10.4. The van der Waals surface area contributed by atoms with Crippen LogP contribution in [0.15, 0.2) is 0 Å². The lowest BCUT2D eigenvalue weighted by molar-refractivity contribution is 0.281. The van der Waals surface area contributed by atoms with Crippen LogP contribution in [-0.2, 0) is 0 Å². The van der Waals surface area contributed by atoms with E-state index in [9.17, 15) is 0 Å². The van der Waals surface area contributed by atoms with E-state index in [1.54, 1.807) is 0 Å². The fourth-order valence-corrected chi connectivity index (χ4v) is 2.71. The lowest BCUT2D eigenvalue weighted by atomic mass is 9.88. The first-order valence-electron chi connectivity index (χ1n) is 6.41. The Morgan fingerprint density at radius 2 is 2.14 bits per heavy atom. The molecule has 1 rings (SSSR count). The Morgan fingerprint density at radius 3 is 2.86 bits per heavy atom. The molecule has 84 valence electrons. The third-order valence-electron chi connectivity index (χ3n) is 3.56. The average Bonchev–Trinajstić information content (AvgIpc) is 2.28. The van der Waals surface area contributed by atoms with Crippen molar-refractivity contribution in [2.24, 2.45) is 5.92 Å². The quantitative estimate of drug-likeness (QED) is 0.535. The van der Waals surface area contributed by atoms with Gasteiger partial charge in [-0.05, 0) is 38.6 Å². The van der Waals surface area contributed by atoms with Crippen molar-refractivity contribution < 1.29 is 0 Å². The van der Waals surface area contributed by atoms with Gasteiger partial charge in [0.05, 0.1) is 0 Å². The minimum Gasteiger partial charge on any atom is -0.312 e. The van der Waals surface area contributed by atoms with Gasteiger partial charge in [0.15, 0.2) is 0 Å². The van der Waals surface area contributed by atoms with Gasteiger partial charge in [0.25, 0.3) is 0 Å². The normalized spacial score (nSPS) is 34.1. The maximum absolute atomic E-state index is 3.77. The zero-order valence-electron chi connectivity index (χ0n) is 10.2. The summed E-state index contributed by atoms with van der Waals surface area (Å²) in [5.41, 5.74) is 0.436. The molecule has 0 aromatic carbocycles. The summed E-state index contributed by atoms with van der Waals surface area (Å²) in [6.45, 7) is 8.30. The molecule has 0 aromatic rings. The van der Waals surface area contributed by atoms with Crippen LogP contribution in [0, 0.1) is 5.92 Å². The summed E-state index contributed by atoms with van der Waals surface area (Å²) in [5.74, 6) is 0.914. The van der Waals surface area contributed by atoms with Crippen LogP contribution in [0.3, 0.4) is 0 Å². The van der Waals surface area contributed by atoms with Gasteiger partial charge in [0.2, 0.25) is 0 Å². The number of hydrogen-bond acceptors (Lipinski definition) is 1. The van der Waals surface area contributed by atoms with Crippen molar-refractivity contribution >= 4 is 0 Å². The number of nitrogens with one attached hydrogen (secondary N) is 1. The van der Waals surface area contributed by atoms with E-state index in [1.165, 1.54) is 51.5 Å². The lowest BCUT2D eigenvalue weighted by Crippen LogP contribution is -2.43. The van der Waals surface area contributed by atoms with E-state index in [0.717, 1.165) is 5.92 Å². The molecule has 1 nitrogen and oxygen atoms in total. The van der Waals surface area contributed by atoms with Crippen LogP contribution < -0.4 is 5.32 Å². The van der Waals surface area contributed by atoms with Crippen molar-refractivity contribution in [2.45, 2.75) is 71.3 Å². The third-order valence-corrected chi connectivity index (χ3v) is 3.56. The molecule has 2 unspecified atom stereocenters. The standard InChI is InChI=1S/C13H27N/c1-4-5-10-14-13(3)9-7-6-8-12(2)11-13/h12,14H,4-11H2,1-3H3. The van der Waals surface area contributed by atoms with Crippen LogP contribution in [0.2, 0.25) is 0 Å². The molecule has 0 aliphatic heterocycles. The molecule has 1 aliphatic rings. The SMILES string of the molecule is CCCCNC1(C)CCCCC(C)C1. The van der Waals surface area contributed by atoms with Gasteiger partial charge < -0.3 is 5.32 Å². The highest BCUT2D eigenvalue weighted by Crippen LogP contribution is 2.30. The van der Waals surface area contributed by atoms with E-state index >= 15 is 0 Å². The van der Waals surface area contributed by atoms with E-state index in [4.69, 9.17) is 0 Å². The second-order valence-electron chi connectivity index (χ2n) is 5.40. The Morgan fingerprint density at radius 1 is 1.36 bits per heavy atom. The Kier molecular flexibility index (Phi) is 4.94. The van der Waals surface area contributed by atoms with Gasteiger partial charge in [-0.15, -0.1) is 0 Å². The van der Waals surface area contributed by atoms with Gasteiger partial charge in [0, 0.05) is 5.54 Å². The van der Waals surface area contributed by atoms with Crippen molar-refractivity contribution in [1.29, 1.82) is 0 Å². The summed E-state index contributed by atoms with van der Waals surface area (Å²) in [6, 6.07) is 0. The molecule has 0 bridgehead atoms. The van der Waals surface area contributed by atoms with E-state index in [-0.39, 0.29) is 0 Å². The maximum atomic E-state index is 3.77. The van der Waals surface area contributed by atoms with Crippen LogP contribution >= 0.6 is 0 Å². The van der Waals surface area contributed by atoms with Gasteiger partial charge in [-0.25, -0.2) is 0 Å². The average molecular weight is 197 g/mol. The highest BCUT2D eigenvalue weighted by Gasteiger charge is 2.27. The Bertz CT molecular complexity index is 155. The molecule has 0 amide bonds. The number of hydrogen-bond donors (Lipinski definition) is 1. The van der Waals surface area contributed by atoms with Crippen molar-refractivity contribution in [3.8, 4) is 0 Å². The summed E-state index contributed by atoms with van der Waals surface area (Å²) in [4.78, 5) is 0. The largest absolute Gasteiger partial charge is 0.312 e. The van der Waals surface area contributed by atoms with Crippen molar-refractivity contribution in [3.63, 3.8) is 0 Å². The minimum absolute atomic E-state index is 0.436. The first-order valence-corrected chi connectivity index (χ1v) is 6.41. The van der Waals surface area contributed by atoms with Gasteiger partial charge >= 0.3 is 0 Å². The molecule has 1 heteroatoms. The maximum Gasteiger partial charge on any atom is 0.0155 e. The Labute approximate surface area is 89.7 Å². The number of rotatable bonds is 4. The fraction of sp³-hybridized carbons (Fsp3) is 1.00. The monoisotopic (exact) mass is 197 g/mol. The van der Waals surface area contributed by atoms with Crippen molar-refractivity contribution in [2.75, 3.05) is 6.54 Å². The molecule has 1 fully saturated rings. The highest BCUT2D eigenvalue weighted by atomic mass is 15.0. The molecule has 0 saturated heterocycles. The van der Waals surface area contributed by atoms with E-state index in [1.807, 2.05) is 0 Å². The van der Waals surface area contributed by atoms with Crippen molar-refractivity contribution in [3.05, 3.63) is 0 Å². The zero-order valence-corrected chi connectivity index (χ0v) is 10.2. The van der Waals surface area contributed by atoms with Crippen LogP contribution in [-0.4, -0.2) is 12.1 Å². The van der Waals surface area contributed by atoms with Gasteiger partial charge in [0.1, 0.15) is 0 Å². The molecule has 1 saturated carbocycles. The summed E-state index contributed by atoms with van der Waals surface area (Å²) in [5, 5.41) is 3.77. The van der Waals surface area contributed by atoms with Crippen molar-refractivity contribution in [1.82, 2.24) is 5.32 Å². The minimum atomic E-state index is 0.436. The first kappa shape index (κ1) is 12.0. The summed E-state index contributed by atoms with van der Waals surface area (Å²) < 4.78 is 0. The molecule has 1 N–H and O–H groups in total. The molecular formula is C13H27N. The molecule has 0 radical (unpaired) electrons. The highest BCUT2D eigenvalue weighted by molar-refractivity contribution is 4.86. The first-order chi connectivity index (χ1) is 6.66. The summed E-state index contributed by atoms with van der Waals surface area (Å²) in [6.07, 6.45) is 9.66. The molecule has 0 aromatic heterocycles. The van der Waals surface area contributed by atoms with E-state index in [0.29, 0.717) is 5.54 Å². The second-order valence-corrected chi connectivity index (χ2v) is 5.40. The third kappa shape index (κ3) is 4.00. The topological polar surface area (TPSA) is 12.0 Å². The molecule has 0 spiro atoms. The van der Waals surface area contributed by atoms with Crippen LogP contribution in [0.25, 0.3) is 0 Å². The van der Waals surface area contributed by atoms with Gasteiger partial charge in [-0.1, -0.05) is 39.5 Å². The predicted octanol–water partition coefficient (Wildman–Crippen LogP) is 3.74. The fourth-order valence-electron chi connectivity index (χ4n) is 2.71. The molecular weight excluding hydrogens is 170 g/mol. The van der Waals surface area contributed by atoms with Gasteiger partial charge in [-0.2, -0.15) is 0 Å². The molecule has 1 aliphatic carbocycles. The van der Waals surface area contributed by atoms with Gasteiger partial charge in [-0.3, -0.25) is 0 Å². The molecule has 14 heavy (non-hydrogen) atoms. The van der Waals surface area contributed by atoms with E-state index < -0.39 is 0 Å².